The van der Waals surface area contributed by atoms with Crippen molar-refractivity contribution in [2.24, 2.45) is 0 Å². The molecule has 1 aromatic rings. The topological polar surface area (TPSA) is 101 Å². The van der Waals surface area contributed by atoms with Crippen molar-refractivity contribution in [2.45, 2.75) is 13.8 Å². The summed E-state index contributed by atoms with van der Waals surface area (Å²) in [4.78, 5) is 20.8. The molecule has 1 aromatic carbocycles. The number of carbonyl (C=O) groups excluding carboxylic acids is 1. The fraction of sp³-hybridized carbons (Fsp3) is 0.182. The highest BCUT2D eigenvalue weighted by molar-refractivity contribution is 5.97. The van der Waals surface area contributed by atoms with E-state index in [1.165, 1.54) is 13.0 Å². The van der Waals surface area contributed by atoms with E-state index in [-0.39, 0.29) is 11.3 Å². The van der Waals surface area contributed by atoms with Crippen LogP contribution in [-0.4, -0.2) is 20.9 Å². The summed E-state index contributed by atoms with van der Waals surface area (Å²) in [6.45, 7) is 2.92. The van der Waals surface area contributed by atoms with Crippen LogP contribution >= 0.6 is 0 Å². The molecule has 1 rings (SSSR count). The molecule has 0 radical (unpaired) electrons. The number of nitro benzene ring substituents is 1. The summed E-state index contributed by atoms with van der Waals surface area (Å²) in [5.41, 5.74) is 0.0664. The lowest BCUT2D eigenvalue weighted by molar-refractivity contribution is -0.386. The summed E-state index contributed by atoms with van der Waals surface area (Å²) >= 11 is 0. The lowest BCUT2D eigenvalue weighted by Gasteiger charge is -2.02. The van der Waals surface area contributed by atoms with Crippen molar-refractivity contribution in [3.05, 3.63) is 33.4 Å². The highest BCUT2D eigenvalue weighted by Gasteiger charge is 2.18. The number of allylic oxidation sites excluding steroid dienone is 1. The molecule has 0 aromatic heterocycles. The first-order valence-electron chi connectivity index (χ1n) is 4.72. The Morgan fingerprint density at radius 2 is 1.94 bits per heavy atom. The minimum atomic E-state index is -0.810. The largest absolute Gasteiger partial charge is 0.504 e. The molecule has 0 amide bonds. The molecule has 0 saturated carbocycles. The molecule has 0 aliphatic rings. The Morgan fingerprint density at radius 1 is 1.35 bits per heavy atom. The summed E-state index contributed by atoms with van der Waals surface area (Å²) < 4.78 is 0. The highest BCUT2D eigenvalue weighted by Crippen LogP contribution is 2.36. The van der Waals surface area contributed by atoms with Crippen LogP contribution in [0, 0.1) is 10.1 Å². The third-order valence-electron chi connectivity index (χ3n) is 2.23. The second-order valence-electron chi connectivity index (χ2n) is 3.55. The van der Waals surface area contributed by atoms with Gasteiger partial charge in [-0.15, -0.1) is 0 Å². The molecule has 0 heterocycles. The summed E-state index contributed by atoms with van der Waals surface area (Å²) in [6.07, 6.45) is 1.40. The number of Topliss-reactive ketones (excluding diaryl/α,β-unsaturated/α-hetero) is 1. The van der Waals surface area contributed by atoms with Crippen LogP contribution in [0.3, 0.4) is 0 Å². The molecule has 6 nitrogen and oxygen atoms in total. The van der Waals surface area contributed by atoms with Crippen molar-refractivity contribution in [1.82, 2.24) is 0 Å². The van der Waals surface area contributed by atoms with E-state index in [1.807, 2.05) is 0 Å². The lowest BCUT2D eigenvalue weighted by atomic mass is 10.1. The van der Waals surface area contributed by atoms with Gasteiger partial charge in [0.05, 0.1) is 4.92 Å². The molecule has 0 atom stereocenters. The minimum absolute atomic E-state index is 0.180. The van der Waals surface area contributed by atoms with Crippen LogP contribution in [0.1, 0.15) is 19.4 Å². The Labute approximate surface area is 97.0 Å². The van der Waals surface area contributed by atoms with Gasteiger partial charge in [-0.25, -0.2) is 0 Å². The number of hydrogen-bond donors (Lipinski definition) is 2. The summed E-state index contributed by atoms with van der Waals surface area (Å²) in [7, 11) is 0. The molecule has 0 aliphatic carbocycles. The summed E-state index contributed by atoms with van der Waals surface area (Å²) in [5, 5.41) is 29.2. The van der Waals surface area contributed by atoms with E-state index in [0.717, 1.165) is 12.1 Å². The Balaban J connectivity index is 3.34. The first-order valence-corrected chi connectivity index (χ1v) is 4.72. The average molecular weight is 237 g/mol. The van der Waals surface area contributed by atoms with Crippen molar-refractivity contribution in [2.75, 3.05) is 0 Å². The van der Waals surface area contributed by atoms with Gasteiger partial charge in [0.1, 0.15) is 0 Å². The fourth-order valence-electron chi connectivity index (χ4n) is 1.20. The monoisotopic (exact) mass is 237 g/mol. The number of nitrogens with zero attached hydrogens (tertiary/aromatic N) is 1. The second-order valence-corrected chi connectivity index (χ2v) is 3.55. The first-order chi connectivity index (χ1) is 7.82. The van der Waals surface area contributed by atoms with E-state index < -0.39 is 22.1 Å². The van der Waals surface area contributed by atoms with Gasteiger partial charge < -0.3 is 10.2 Å². The van der Waals surface area contributed by atoms with E-state index in [9.17, 15) is 25.1 Å². The zero-order valence-electron chi connectivity index (χ0n) is 9.30. The smallest absolute Gasteiger partial charge is 0.315 e. The number of hydrogen-bond acceptors (Lipinski definition) is 5. The molecular formula is C11H11NO5. The lowest BCUT2D eigenvalue weighted by Crippen LogP contribution is -1.93. The van der Waals surface area contributed by atoms with Crippen molar-refractivity contribution < 1.29 is 19.9 Å². The van der Waals surface area contributed by atoms with Gasteiger partial charge in [-0.2, -0.15) is 0 Å². The SMILES string of the molecule is CC(=O)C(C)=Cc1cc(O)c(O)c([N+](=O)[O-])c1. The zero-order valence-corrected chi connectivity index (χ0v) is 9.30. The molecular weight excluding hydrogens is 226 g/mol. The predicted octanol–water partition coefficient (Wildman–Crippen LogP) is 2.00. The molecule has 0 spiro atoms. The van der Waals surface area contributed by atoms with Gasteiger partial charge in [0.2, 0.25) is 5.75 Å². The fourth-order valence-corrected chi connectivity index (χ4v) is 1.20. The number of ketones is 1. The highest BCUT2D eigenvalue weighted by atomic mass is 16.6. The number of phenols is 2. The van der Waals surface area contributed by atoms with Crippen LogP contribution < -0.4 is 0 Å². The molecule has 2 N–H and O–H groups in total. The molecule has 0 aliphatic heterocycles. The van der Waals surface area contributed by atoms with Crippen molar-refractivity contribution in [3.8, 4) is 11.5 Å². The van der Waals surface area contributed by atoms with E-state index in [0.29, 0.717) is 5.57 Å². The van der Waals surface area contributed by atoms with Crippen molar-refractivity contribution in [3.63, 3.8) is 0 Å². The Bertz CT molecular complexity index is 519. The Morgan fingerprint density at radius 3 is 2.41 bits per heavy atom. The second kappa shape index (κ2) is 4.65. The molecule has 0 saturated heterocycles. The molecule has 0 bridgehead atoms. The number of rotatable bonds is 3. The van der Waals surface area contributed by atoms with Crippen LogP contribution in [0.25, 0.3) is 6.08 Å². The number of aromatic hydroxyl groups is 2. The molecule has 90 valence electrons. The van der Waals surface area contributed by atoms with Crippen LogP contribution in [0.15, 0.2) is 17.7 Å². The van der Waals surface area contributed by atoms with Gasteiger partial charge in [-0.05, 0) is 37.1 Å². The van der Waals surface area contributed by atoms with Gasteiger partial charge in [0, 0.05) is 6.07 Å². The van der Waals surface area contributed by atoms with Gasteiger partial charge in [0.25, 0.3) is 0 Å². The predicted molar refractivity (Wildman–Crippen MR) is 60.8 cm³/mol. The number of carbonyl (C=O) groups is 1. The van der Waals surface area contributed by atoms with E-state index in [4.69, 9.17) is 0 Å². The first kappa shape index (κ1) is 12.7. The third kappa shape index (κ3) is 2.81. The van der Waals surface area contributed by atoms with Gasteiger partial charge in [-0.3, -0.25) is 14.9 Å². The van der Waals surface area contributed by atoms with Gasteiger partial charge in [0.15, 0.2) is 11.5 Å². The maximum absolute atomic E-state index is 11.0. The molecule has 17 heavy (non-hydrogen) atoms. The van der Waals surface area contributed by atoms with Crippen LogP contribution in [0.5, 0.6) is 11.5 Å². The number of benzene rings is 1. The summed E-state index contributed by atoms with van der Waals surface area (Å²) in [6, 6.07) is 2.23. The summed E-state index contributed by atoms with van der Waals surface area (Å²) in [5.74, 6) is -1.56. The number of phenolic OH excluding ortho intramolecular Hbond substituents is 2. The maximum atomic E-state index is 11.0. The van der Waals surface area contributed by atoms with E-state index in [1.54, 1.807) is 6.92 Å². The van der Waals surface area contributed by atoms with Crippen LogP contribution in [0.2, 0.25) is 0 Å². The molecule has 0 unspecified atom stereocenters. The Hall–Kier alpha value is -2.37. The Kier molecular flexibility index (Phi) is 3.47. The molecule has 6 heteroatoms. The van der Waals surface area contributed by atoms with Crippen LogP contribution in [-0.2, 0) is 4.79 Å². The average Bonchev–Trinajstić information content (AvgIpc) is 2.22. The van der Waals surface area contributed by atoms with Gasteiger partial charge in [-0.1, -0.05) is 0 Å². The van der Waals surface area contributed by atoms with E-state index >= 15 is 0 Å². The van der Waals surface area contributed by atoms with E-state index in [2.05, 4.69) is 0 Å². The number of nitro groups is 1. The third-order valence-corrected chi connectivity index (χ3v) is 2.23. The van der Waals surface area contributed by atoms with Crippen molar-refractivity contribution >= 4 is 17.5 Å². The molecule has 0 fully saturated rings. The normalized spacial score (nSPS) is 11.3. The van der Waals surface area contributed by atoms with Gasteiger partial charge >= 0.3 is 5.69 Å². The quantitative estimate of drug-likeness (QED) is 0.362. The van der Waals surface area contributed by atoms with Crippen LogP contribution in [0.4, 0.5) is 5.69 Å². The maximum Gasteiger partial charge on any atom is 0.315 e. The zero-order chi connectivity index (χ0) is 13.2. The minimum Gasteiger partial charge on any atom is -0.504 e. The van der Waals surface area contributed by atoms with Crippen molar-refractivity contribution in [1.29, 1.82) is 0 Å². The standard InChI is InChI=1S/C11H11NO5/c1-6(7(2)13)3-8-4-9(12(16)17)11(15)10(14)5-8/h3-5,14-15H,1-2H3.